The van der Waals surface area contributed by atoms with Crippen molar-refractivity contribution >= 4 is 17.3 Å². The summed E-state index contributed by atoms with van der Waals surface area (Å²) in [6.07, 6.45) is 10.8. The predicted molar refractivity (Wildman–Crippen MR) is 116 cm³/mol. The van der Waals surface area contributed by atoms with Crippen molar-refractivity contribution in [2.45, 2.75) is 56.8 Å². The van der Waals surface area contributed by atoms with Crippen LogP contribution >= 0.6 is 11.3 Å². The van der Waals surface area contributed by atoms with E-state index in [-0.39, 0.29) is 0 Å². The van der Waals surface area contributed by atoms with Crippen LogP contribution in [0.3, 0.4) is 0 Å². The molecule has 0 amide bonds. The maximum absolute atomic E-state index is 4.65. The normalized spacial score (nSPS) is 26.6. The van der Waals surface area contributed by atoms with Gasteiger partial charge in [-0.2, -0.15) is 0 Å². The molecular weight excluding hydrogens is 352 g/mol. The highest BCUT2D eigenvalue weighted by Crippen LogP contribution is 2.41. The second-order valence-electron chi connectivity index (χ2n) is 8.83. The number of thiophene rings is 1. The highest BCUT2D eigenvalue weighted by Gasteiger charge is 2.36. The van der Waals surface area contributed by atoms with Crippen LogP contribution in [0.15, 0.2) is 22.5 Å². The summed E-state index contributed by atoms with van der Waals surface area (Å²) >= 11 is 1.94. The Morgan fingerprint density at radius 2 is 2.00 bits per heavy atom. The number of aliphatic imine (C=N–C) groups is 1. The molecule has 2 saturated heterocycles. The molecule has 0 spiro atoms. The molecule has 1 aromatic heterocycles. The minimum absolute atomic E-state index is 0.317. The molecule has 0 radical (unpaired) electrons. The Morgan fingerprint density at radius 1 is 1.19 bits per heavy atom. The quantitative estimate of drug-likeness (QED) is 0.612. The number of rotatable bonds is 5. The van der Waals surface area contributed by atoms with Crippen molar-refractivity contribution in [2.75, 3.05) is 46.3 Å². The maximum atomic E-state index is 4.65. The summed E-state index contributed by atoms with van der Waals surface area (Å²) in [7, 11) is 1.95. The van der Waals surface area contributed by atoms with Gasteiger partial charge in [0, 0.05) is 43.5 Å². The standard InChI is InChI=1S/C22H36N4S/c1-23-21(26-14-9-19(17-26)16-25-12-5-6-13-25)24-18-22(10-3-2-4-11-22)20-8-7-15-27-20/h7-8,15,19H,2-6,9-14,16-18H2,1H3,(H,23,24). The summed E-state index contributed by atoms with van der Waals surface area (Å²) in [6.45, 7) is 7.27. The number of hydrogen-bond donors (Lipinski definition) is 1. The molecule has 3 fully saturated rings. The molecule has 0 bridgehead atoms. The van der Waals surface area contributed by atoms with Gasteiger partial charge >= 0.3 is 0 Å². The second kappa shape index (κ2) is 8.95. The lowest BCUT2D eigenvalue weighted by Crippen LogP contribution is -2.47. The summed E-state index contributed by atoms with van der Waals surface area (Å²) in [5, 5.41) is 6.03. The van der Waals surface area contributed by atoms with E-state index in [0.717, 1.165) is 25.0 Å². The Balaban J connectivity index is 1.34. The molecule has 5 heteroatoms. The van der Waals surface area contributed by atoms with Crippen molar-refractivity contribution in [1.29, 1.82) is 0 Å². The lowest BCUT2D eigenvalue weighted by molar-refractivity contribution is 0.278. The summed E-state index contributed by atoms with van der Waals surface area (Å²) in [5.41, 5.74) is 0.317. The molecule has 1 unspecified atom stereocenters. The fraction of sp³-hybridized carbons (Fsp3) is 0.773. The van der Waals surface area contributed by atoms with Gasteiger partial charge in [0.25, 0.3) is 0 Å². The van der Waals surface area contributed by atoms with Crippen molar-refractivity contribution in [2.24, 2.45) is 10.9 Å². The highest BCUT2D eigenvalue weighted by atomic mass is 32.1. The minimum atomic E-state index is 0.317. The minimum Gasteiger partial charge on any atom is -0.355 e. The van der Waals surface area contributed by atoms with E-state index in [1.165, 1.54) is 77.5 Å². The Hall–Kier alpha value is -1.07. The molecule has 3 heterocycles. The van der Waals surface area contributed by atoms with Crippen LogP contribution in [-0.4, -0.2) is 62.1 Å². The van der Waals surface area contributed by atoms with Gasteiger partial charge in [-0.1, -0.05) is 25.3 Å². The van der Waals surface area contributed by atoms with Gasteiger partial charge in [0.1, 0.15) is 0 Å². The number of likely N-dealkylation sites (tertiary alicyclic amines) is 2. The van der Waals surface area contributed by atoms with E-state index in [1.807, 2.05) is 18.4 Å². The van der Waals surface area contributed by atoms with E-state index in [4.69, 9.17) is 0 Å². The first-order valence-corrected chi connectivity index (χ1v) is 11.9. The topological polar surface area (TPSA) is 30.9 Å². The summed E-state index contributed by atoms with van der Waals surface area (Å²) in [6, 6.07) is 4.57. The van der Waals surface area contributed by atoms with E-state index >= 15 is 0 Å². The van der Waals surface area contributed by atoms with Crippen LogP contribution in [0.25, 0.3) is 0 Å². The van der Waals surface area contributed by atoms with Gasteiger partial charge in [-0.3, -0.25) is 4.99 Å². The predicted octanol–water partition coefficient (Wildman–Crippen LogP) is 3.94. The Kier molecular flexibility index (Phi) is 6.39. The van der Waals surface area contributed by atoms with E-state index < -0.39 is 0 Å². The van der Waals surface area contributed by atoms with Gasteiger partial charge in [0.05, 0.1) is 0 Å². The van der Waals surface area contributed by atoms with E-state index in [1.54, 1.807) is 4.88 Å². The number of nitrogens with one attached hydrogen (secondary N) is 1. The number of nitrogens with zero attached hydrogens (tertiary/aromatic N) is 3. The van der Waals surface area contributed by atoms with Crippen LogP contribution in [0.2, 0.25) is 0 Å². The van der Waals surface area contributed by atoms with E-state index in [0.29, 0.717) is 5.41 Å². The Bertz CT molecular complexity index is 600. The fourth-order valence-corrected chi connectivity index (χ4v) is 6.39. The molecule has 1 saturated carbocycles. The van der Waals surface area contributed by atoms with Crippen molar-refractivity contribution in [3.63, 3.8) is 0 Å². The summed E-state index contributed by atoms with van der Waals surface area (Å²) in [5.74, 6) is 1.93. The van der Waals surface area contributed by atoms with Gasteiger partial charge in [-0.05, 0) is 62.6 Å². The van der Waals surface area contributed by atoms with Crippen molar-refractivity contribution in [3.8, 4) is 0 Å². The first-order valence-electron chi connectivity index (χ1n) is 11.0. The lowest BCUT2D eigenvalue weighted by Gasteiger charge is -2.38. The Morgan fingerprint density at radius 3 is 2.70 bits per heavy atom. The van der Waals surface area contributed by atoms with Crippen molar-refractivity contribution in [3.05, 3.63) is 22.4 Å². The summed E-state index contributed by atoms with van der Waals surface area (Å²) < 4.78 is 0. The molecule has 3 aliphatic rings. The average Bonchev–Trinajstić information content (AvgIpc) is 3.47. The molecule has 0 aromatic carbocycles. The molecule has 2 aliphatic heterocycles. The molecule has 4 rings (SSSR count). The third-order valence-electron chi connectivity index (χ3n) is 6.95. The lowest BCUT2D eigenvalue weighted by atomic mass is 9.73. The van der Waals surface area contributed by atoms with Crippen LogP contribution in [0.1, 0.15) is 56.2 Å². The summed E-state index contributed by atoms with van der Waals surface area (Å²) in [4.78, 5) is 11.4. The smallest absolute Gasteiger partial charge is 0.193 e. The van der Waals surface area contributed by atoms with Gasteiger partial charge < -0.3 is 15.1 Å². The average molecular weight is 389 g/mol. The fourth-order valence-electron chi connectivity index (χ4n) is 5.40. The maximum Gasteiger partial charge on any atom is 0.193 e. The molecular formula is C22H36N4S. The van der Waals surface area contributed by atoms with Gasteiger partial charge in [0.15, 0.2) is 5.96 Å². The van der Waals surface area contributed by atoms with E-state index in [9.17, 15) is 0 Å². The first kappa shape index (κ1) is 19.3. The van der Waals surface area contributed by atoms with Gasteiger partial charge in [-0.25, -0.2) is 0 Å². The van der Waals surface area contributed by atoms with Crippen LogP contribution in [0.4, 0.5) is 0 Å². The van der Waals surface area contributed by atoms with Gasteiger partial charge in [0.2, 0.25) is 0 Å². The Labute approximate surface area is 169 Å². The third kappa shape index (κ3) is 4.51. The number of hydrogen-bond acceptors (Lipinski definition) is 3. The van der Waals surface area contributed by atoms with Crippen molar-refractivity contribution < 1.29 is 0 Å². The van der Waals surface area contributed by atoms with Crippen LogP contribution in [-0.2, 0) is 5.41 Å². The van der Waals surface area contributed by atoms with E-state index in [2.05, 4.69) is 37.6 Å². The largest absolute Gasteiger partial charge is 0.355 e. The molecule has 1 N–H and O–H groups in total. The first-order chi connectivity index (χ1) is 13.3. The second-order valence-corrected chi connectivity index (χ2v) is 9.78. The monoisotopic (exact) mass is 388 g/mol. The highest BCUT2D eigenvalue weighted by molar-refractivity contribution is 7.10. The zero-order valence-electron chi connectivity index (χ0n) is 17.0. The van der Waals surface area contributed by atoms with Crippen LogP contribution in [0.5, 0.6) is 0 Å². The number of guanidine groups is 1. The van der Waals surface area contributed by atoms with Gasteiger partial charge in [-0.15, -0.1) is 11.3 Å². The SMILES string of the molecule is CN=C(NCC1(c2cccs2)CCCCC1)N1CCC(CN2CCCC2)C1. The van der Waals surface area contributed by atoms with Crippen LogP contribution < -0.4 is 5.32 Å². The molecule has 1 atom stereocenters. The molecule has 150 valence electrons. The zero-order valence-corrected chi connectivity index (χ0v) is 17.8. The molecule has 1 aromatic rings. The molecule has 27 heavy (non-hydrogen) atoms. The zero-order chi connectivity index (χ0) is 18.5. The third-order valence-corrected chi connectivity index (χ3v) is 8.07. The van der Waals surface area contributed by atoms with Crippen LogP contribution in [0, 0.1) is 5.92 Å². The molecule has 4 nitrogen and oxygen atoms in total. The van der Waals surface area contributed by atoms with Crippen molar-refractivity contribution in [1.82, 2.24) is 15.1 Å². The molecule has 1 aliphatic carbocycles.